The molecule has 0 saturated heterocycles. The van der Waals surface area contributed by atoms with Gasteiger partial charge in [0.1, 0.15) is 5.75 Å². The highest BCUT2D eigenvalue weighted by Crippen LogP contribution is 2.29. The number of benzene rings is 1. The minimum Gasteiger partial charge on any atom is -0.478 e. The van der Waals surface area contributed by atoms with Crippen molar-refractivity contribution in [2.45, 2.75) is 57.3 Å². The van der Waals surface area contributed by atoms with E-state index in [0.29, 0.717) is 11.4 Å². The second-order valence-corrected chi connectivity index (χ2v) is 6.42. The van der Waals surface area contributed by atoms with Gasteiger partial charge < -0.3 is 20.1 Å². The highest BCUT2D eigenvalue weighted by atomic mass is 16.6. The molecule has 134 valence electrons. The highest BCUT2D eigenvalue weighted by molar-refractivity contribution is 5.99. The summed E-state index contributed by atoms with van der Waals surface area (Å²) in [4.78, 5) is 36.1. The molecule has 2 aliphatic rings. The number of para-hydroxylation sites is 2. The van der Waals surface area contributed by atoms with Crippen molar-refractivity contribution in [3.8, 4) is 5.75 Å². The van der Waals surface area contributed by atoms with Gasteiger partial charge in [0.2, 0.25) is 0 Å². The molecule has 1 aliphatic heterocycles. The lowest BCUT2D eigenvalue weighted by Gasteiger charge is -2.25. The van der Waals surface area contributed by atoms with Crippen molar-refractivity contribution in [1.29, 1.82) is 0 Å². The van der Waals surface area contributed by atoms with Gasteiger partial charge in [-0.2, -0.15) is 0 Å². The summed E-state index contributed by atoms with van der Waals surface area (Å²) in [5.41, 5.74) is 0.571. The van der Waals surface area contributed by atoms with E-state index >= 15 is 0 Å². The van der Waals surface area contributed by atoms with E-state index in [2.05, 4.69) is 10.6 Å². The van der Waals surface area contributed by atoms with Gasteiger partial charge in [0.15, 0.2) is 12.2 Å². The van der Waals surface area contributed by atoms with E-state index < -0.39 is 24.1 Å². The van der Waals surface area contributed by atoms with Crippen molar-refractivity contribution in [3.63, 3.8) is 0 Å². The van der Waals surface area contributed by atoms with E-state index in [1.54, 1.807) is 24.3 Å². The zero-order valence-corrected chi connectivity index (χ0v) is 14.1. The first-order valence-corrected chi connectivity index (χ1v) is 8.59. The molecule has 3 rings (SSSR count). The molecule has 1 aromatic carbocycles. The SMILES string of the molecule is C[C@H](OC(=O)C[C@@H]1Oc2ccccc2NC1=O)C(=O)NC1CCCC1. The average molecular weight is 346 g/mol. The Labute approximate surface area is 146 Å². The molecule has 0 bridgehead atoms. The minimum absolute atomic E-state index is 0.164. The smallest absolute Gasteiger partial charge is 0.310 e. The Morgan fingerprint density at radius 3 is 2.80 bits per heavy atom. The number of carbonyl (C=O) groups excluding carboxylic acids is 3. The molecule has 2 N–H and O–H groups in total. The van der Waals surface area contributed by atoms with Crippen LogP contribution in [-0.4, -0.2) is 36.0 Å². The van der Waals surface area contributed by atoms with Gasteiger partial charge in [0, 0.05) is 6.04 Å². The first kappa shape index (κ1) is 17.3. The van der Waals surface area contributed by atoms with Crippen LogP contribution in [0, 0.1) is 0 Å². The first-order valence-electron chi connectivity index (χ1n) is 8.59. The third kappa shape index (κ3) is 4.29. The van der Waals surface area contributed by atoms with Crippen LogP contribution in [0.2, 0.25) is 0 Å². The molecular formula is C18H22N2O5. The topological polar surface area (TPSA) is 93.7 Å². The maximum atomic E-state index is 12.1. The van der Waals surface area contributed by atoms with Gasteiger partial charge >= 0.3 is 5.97 Å². The third-order valence-electron chi connectivity index (χ3n) is 4.44. The van der Waals surface area contributed by atoms with E-state index in [1.165, 1.54) is 6.92 Å². The van der Waals surface area contributed by atoms with Gasteiger partial charge in [-0.3, -0.25) is 14.4 Å². The van der Waals surface area contributed by atoms with Gasteiger partial charge in [0.05, 0.1) is 12.1 Å². The summed E-state index contributed by atoms with van der Waals surface area (Å²) < 4.78 is 10.7. The van der Waals surface area contributed by atoms with Crippen LogP contribution in [0.4, 0.5) is 5.69 Å². The van der Waals surface area contributed by atoms with E-state index in [0.717, 1.165) is 25.7 Å². The predicted molar refractivity (Wildman–Crippen MR) is 90.1 cm³/mol. The zero-order valence-electron chi connectivity index (χ0n) is 14.1. The summed E-state index contributed by atoms with van der Waals surface area (Å²) in [6.07, 6.45) is 2.02. The number of anilines is 1. The normalized spacial score (nSPS) is 20.8. The van der Waals surface area contributed by atoms with Crippen molar-refractivity contribution in [1.82, 2.24) is 5.32 Å². The number of ether oxygens (including phenoxy) is 2. The molecule has 2 atom stereocenters. The van der Waals surface area contributed by atoms with Crippen LogP contribution in [0.15, 0.2) is 24.3 Å². The van der Waals surface area contributed by atoms with Gasteiger partial charge in [-0.25, -0.2) is 0 Å². The molecule has 7 heteroatoms. The van der Waals surface area contributed by atoms with Crippen LogP contribution in [0.5, 0.6) is 5.75 Å². The van der Waals surface area contributed by atoms with Gasteiger partial charge in [0.25, 0.3) is 11.8 Å². The number of esters is 1. The lowest BCUT2D eigenvalue weighted by atomic mass is 10.1. The fraction of sp³-hybridized carbons (Fsp3) is 0.500. The number of nitrogens with one attached hydrogen (secondary N) is 2. The van der Waals surface area contributed by atoms with E-state index in [-0.39, 0.29) is 18.4 Å². The van der Waals surface area contributed by atoms with E-state index in [1.807, 2.05) is 0 Å². The molecule has 0 radical (unpaired) electrons. The van der Waals surface area contributed by atoms with Crippen LogP contribution >= 0.6 is 0 Å². The maximum absolute atomic E-state index is 12.1. The molecule has 1 fully saturated rings. The van der Waals surface area contributed by atoms with E-state index in [9.17, 15) is 14.4 Å². The molecular weight excluding hydrogens is 324 g/mol. The summed E-state index contributed by atoms with van der Waals surface area (Å²) >= 11 is 0. The van der Waals surface area contributed by atoms with Crippen molar-refractivity contribution < 1.29 is 23.9 Å². The molecule has 1 aliphatic carbocycles. The van der Waals surface area contributed by atoms with Crippen molar-refractivity contribution in [3.05, 3.63) is 24.3 Å². The third-order valence-corrected chi connectivity index (χ3v) is 4.44. The number of hydrogen-bond donors (Lipinski definition) is 2. The largest absolute Gasteiger partial charge is 0.478 e. The number of fused-ring (bicyclic) bond motifs is 1. The monoisotopic (exact) mass is 346 g/mol. The van der Waals surface area contributed by atoms with Crippen molar-refractivity contribution in [2.24, 2.45) is 0 Å². The first-order chi connectivity index (χ1) is 12.0. The molecule has 2 amide bonds. The summed E-state index contributed by atoms with van der Waals surface area (Å²) in [5, 5.41) is 5.57. The van der Waals surface area contributed by atoms with Crippen LogP contribution in [0.3, 0.4) is 0 Å². The quantitative estimate of drug-likeness (QED) is 0.793. The van der Waals surface area contributed by atoms with Gasteiger partial charge in [-0.15, -0.1) is 0 Å². The van der Waals surface area contributed by atoms with Crippen molar-refractivity contribution in [2.75, 3.05) is 5.32 Å². The van der Waals surface area contributed by atoms with Gasteiger partial charge in [-0.05, 0) is 31.9 Å². The van der Waals surface area contributed by atoms with Gasteiger partial charge in [-0.1, -0.05) is 25.0 Å². The Balaban J connectivity index is 1.50. The Morgan fingerprint density at radius 1 is 1.32 bits per heavy atom. The Hall–Kier alpha value is -2.57. The average Bonchev–Trinajstić information content (AvgIpc) is 3.08. The Kier molecular flexibility index (Phi) is 5.21. The maximum Gasteiger partial charge on any atom is 0.310 e. The Bertz CT molecular complexity index is 669. The second-order valence-electron chi connectivity index (χ2n) is 6.42. The van der Waals surface area contributed by atoms with Crippen LogP contribution < -0.4 is 15.4 Å². The summed E-state index contributed by atoms with van der Waals surface area (Å²) in [6, 6.07) is 7.16. The molecule has 0 unspecified atom stereocenters. The molecule has 1 saturated carbocycles. The fourth-order valence-electron chi connectivity index (χ4n) is 3.07. The summed E-state index contributed by atoms with van der Waals surface area (Å²) in [6.45, 7) is 1.53. The fourth-order valence-corrected chi connectivity index (χ4v) is 3.07. The standard InChI is InChI=1S/C18H22N2O5/c1-11(17(22)19-12-6-2-3-7-12)24-16(21)10-15-18(23)20-13-8-4-5-9-14(13)25-15/h4-5,8-9,11-12,15H,2-3,6-7,10H2,1H3,(H,19,22)(H,20,23)/t11-,15-/m0/s1. The molecule has 1 heterocycles. The van der Waals surface area contributed by atoms with E-state index in [4.69, 9.17) is 9.47 Å². The molecule has 1 aromatic rings. The van der Waals surface area contributed by atoms with Crippen LogP contribution in [-0.2, 0) is 19.1 Å². The lowest BCUT2D eigenvalue weighted by Crippen LogP contribution is -2.42. The van der Waals surface area contributed by atoms with Crippen molar-refractivity contribution >= 4 is 23.5 Å². The Morgan fingerprint density at radius 2 is 2.04 bits per heavy atom. The second kappa shape index (κ2) is 7.55. The molecule has 7 nitrogen and oxygen atoms in total. The molecule has 25 heavy (non-hydrogen) atoms. The highest BCUT2D eigenvalue weighted by Gasteiger charge is 2.31. The predicted octanol–water partition coefficient (Wildman–Crippen LogP) is 1.77. The zero-order chi connectivity index (χ0) is 17.8. The number of carbonyl (C=O) groups is 3. The minimum atomic E-state index is -0.965. The van der Waals surface area contributed by atoms with Crippen LogP contribution in [0.1, 0.15) is 39.0 Å². The summed E-state index contributed by atoms with van der Waals surface area (Å²) in [7, 11) is 0. The van der Waals surface area contributed by atoms with Crippen LogP contribution in [0.25, 0.3) is 0 Å². The molecule has 0 spiro atoms. The number of hydrogen-bond acceptors (Lipinski definition) is 5. The summed E-state index contributed by atoms with van der Waals surface area (Å²) in [5.74, 6) is -0.848. The molecule has 0 aromatic heterocycles. The number of amides is 2. The number of rotatable bonds is 5. The lowest BCUT2D eigenvalue weighted by molar-refractivity contribution is -0.157.